The second kappa shape index (κ2) is 10.3. The van der Waals surface area contributed by atoms with E-state index in [4.69, 9.17) is 9.47 Å². The Morgan fingerprint density at radius 3 is 2.93 bits per heavy atom. The first-order valence-corrected chi connectivity index (χ1v) is 10.7. The van der Waals surface area contributed by atoms with E-state index in [1.54, 1.807) is 11.0 Å². The third kappa shape index (κ3) is 5.04. The van der Waals surface area contributed by atoms with Gasteiger partial charge in [0, 0.05) is 30.2 Å². The fourth-order valence-corrected chi connectivity index (χ4v) is 4.99. The van der Waals surface area contributed by atoms with Crippen molar-refractivity contribution in [1.82, 2.24) is 10.2 Å². The minimum atomic E-state index is -0.391. The van der Waals surface area contributed by atoms with E-state index in [-0.39, 0.29) is 23.8 Å². The fraction of sp³-hybridized carbons (Fsp3) is 0.409. The molecule has 1 N–H and O–H groups in total. The summed E-state index contributed by atoms with van der Waals surface area (Å²) in [5.74, 6) is -0.0161. The molecule has 0 aromatic heterocycles. The molecule has 2 amide bonds. The lowest BCUT2D eigenvalue weighted by molar-refractivity contribution is -0.134. The van der Waals surface area contributed by atoms with Crippen LogP contribution in [0, 0.1) is 17.2 Å². The van der Waals surface area contributed by atoms with Crippen molar-refractivity contribution in [3.05, 3.63) is 46.4 Å². The summed E-state index contributed by atoms with van der Waals surface area (Å²) in [6.45, 7) is 3.52. The Labute approximate surface area is 180 Å². The molecule has 2 unspecified atom stereocenters. The van der Waals surface area contributed by atoms with E-state index >= 15 is 0 Å². The molecule has 1 aromatic carbocycles. The molecule has 0 saturated carbocycles. The van der Waals surface area contributed by atoms with Crippen LogP contribution in [0.3, 0.4) is 0 Å². The van der Waals surface area contributed by atoms with Gasteiger partial charge in [0.2, 0.25) is 11.8 Å². The molecule has 0 radical (unpaired) electrons. The number of carbonyl (C=O) groups is 2. The summed E-state index contributed by atoms with van der Waals surface area (Å²) in [7, 11) is 1.49. The molecule has 2 aliphatic rings. The van der Waals surface area contributed by atoms with E-state index in [2.05, 4.69) is 11.4 Å². The van der Waals surface area contributed by atoms with E-state index in [9.17, 15) is 14.9 Å². The topological polar surface area (TPSA) is 91.7 Å². The molecule has 0 saturated heterocycles. The van der Waals surface area contributed by atoms with Crippen molar-refractivity contribution < 1.29 is 19.1 Å². The molecule has 30 heavy (non-hydrogen) atoms. The van der Waals surface area contributed by atoms with Gasteiger partial charge in [0.05, 0.1) is 30.5 Å². The highest BCUT2D eigenvalue weighted by Gasteiger charge is 2.39. The number of nitrogens with zero attached hydrogens (tertiary/aromatic N) is 2. The van der Waals surface area contributed by atoms with Crippen LogP contribution in [-0.2, 0) is 14.3 Å². The second-order valence-electron chi connectivity index (χ2n) is 6.90. The summed E-state index contributed by atoms with van der Waals surface area (Å²) in [6, 6.07) is 9.82. The van der Waals surface area contributed by atoms with Crippen molar-refractivity contribution in [3.8, 4) is 11.8 Å². The zero-order chi connectivity index (χ0) is 21.5. The average molecular weight is 428 g/mol. The highest BCUT2D eigenvalue weighted by Crippen LogP contribution is 2.44. The number of benzene rings is 1. The van der Waals surface area contributed by atoms with Crippen molar-refractivity contribution in [2.45, 2.75) is 18.7 Å². The smallest absolute Gasteiger partial charge is 0.248 e. The molecule has 8 heteroatoms. The average Bonchev–Trinajstić information content (AvgIpc) is 3.09. The maximum atomic E-state index is 12.5. The molecule has 0 spiro atoms. The van der Waals surface area contributed by atoms with Gasteiger partial charge in [-0.25, -0.2) is 0 Å². The maximum absolute atomic E-state index is 12.5. The fourth-order valence-electron chi connectivity index (χ4n) is 3.54. The molecule has 2 aliphatic heterocycles. The van der Waals surface area contributed by atoms with E-state index in [1.165, 1.54) is 24.9 Å². The van der Waals surface area contributed by atoms with Gasteiger partial charge in [-0.3, -0.25) is 9.59 Å². The monoisotopic (exact) mass is 427 g/mol. The molecule has 158 valence electrons. The van der Waals surface area contributed by atoms with Gasteiger partial charge < -0.3 is 19.7 Å². The molecular formula is C22H25N3O4S. The highest BCUT2D eigenvalue weighted by atomic mass is 32.2. The lowest BCUT2D eigenvalue weighted by Gasteiger charge is -2.28. The number of amides is 2. The lowest BCUT2D eigenvalue weighted by Crippen LogP contribution is -2.38. The van der Waals surface area contributed by atoms with Gasteiger partial charge in [0.15, 0.2) is 0 Å². The molecular weight excluding hydrogens is 402 g/mol. The first-order chi connectivity index (χ1) is 14.6. The summed E-state index contributed by atoms with van der Waals surface area (Å²) in [6.07, 6.45) is 3.80. The Balaban J connectivity index is 1.63. The van der Waals surface area contributed by atoms with Gasteiger partial charge in [0.25, 0.3) is 0 Å². The van der Waals surface area contributed by atoms with Crippen LogP contribution < -0.4 is 10.1 Å². The summed E-state index contributed by atoms with van der Waals surface area (Å²) in [4.78, 5) is 27.3. The molecule has 1 aromatic rings. The van der Waals surface area contributed by atoms with Gasteiger partial charge in [-0.2, -0.15) is 5.26 Å². The first-order valence-electron chi connectivity index (χ1n) is 9.82. The first kappa shape index (κ1) is 21.9. The van der Waals surface area contributed by atoms with Crippen molar-refractivity contribution in [3.63, 3.8) is 0 Å². The van der Waals surface area contributed by atoms with Gasteiger partial charge in [-0.15, -0.1) is 11.8 Å². The SMILES string of the molecule is CCOc1ccccc1/C=C/C(=O)NC1SC2=C(CCN(C(=O)COC)C2)C1C#N. The van der Waals surface area contributed by atoms with E-state index < -0.39 is 5.92 Å². The van der Waals surface area contributed by atoms with Crippen LogP contribution in [0.25, 0.3) is 6.08 Å². The molecule has 7 nitrogen and oxygen atoms in total. The van der Waals surface area contributed by atoms with Crippen LogP contribution in [0.15, 0.2) is 40.8 Å². The Kier molecular flexibility index (Phi) is 7.55. The van der Waals surface area contributed by atoms with Crippen LogP contribution in [0.2, 0.25) is 0 Å². The predicted molar refractivity (Wildman–Crippen MR) is 115 cm³/mol. The van der Waals surface area contributed by atoms with Crippen LogP contribution in [0.4, 0.5) is 0 Å². The number of methoxy groups -OCH3 is 1. The Morgan fingerprint density at radius 1 is 1.40 bits per heavy atom. The molecule has 3 rings (SSSR count). The molecule has 0 fully saturated rings. The number of nitrogens with one attached hydrogen (secondary N) is 1. The number of hydrogen-bond donors (Lipinski definition) is 1. The highest BCUT2D eigenvalue weighted by molar-refractivity contribution is 8.04. The van der Waals surface area contributed by atoms with E-state index in [1.807, 2.05) is 31.2 Å². The Bertz CT molecular complexity index is 906. The summed E-state index contributed by atoms with van der Waals surface area (Å²) in [5, 5.41) is 12.2. The van der Waals surface area contributed by atoms with Crippen LogP contribution >= 0.6 is 11.8 Å². The maximum Gasteiger partial charge on any atom is 0.248 e. The van der Waals surface area contributed by atoms with Crippen molar-refractivity contribution >= 4 is 29.7 Å². The molecule has 0 aliphatic carbocycles. The molecule has 2 atom stereocenters. The number of nitriles is 1. The van der Waals surface area contributed by atoms with Crippen LogP contribution in [-0.4, -0.2) is 55.5 Å². The number of para-hydroxylation sites is 1. The van der Waals surface area contributed by atoms with Gasteiger partial charge in [0.1, 0.15) is 12.4 Å². The lowest BCUT2D eigenvalue weighted by atomic mass is 9.94. The van der Waals surface area contributed by atoms with Crippen molar-refractivity contribution in [1.29, 1.82) is 5.26 Å². The van der Waals surface area contributed by atoms with Crippen LogP contribution in [0.5, 0.6) is 5.75 Å². The summed E-state index contributed by atoms with van der Waals surface area (Å²) in [5.41, 5.74) is 1.84. The predicted octanol–water partition coefficient (Wildman–Crippen LogP) is 2.56. The van der Waals surface area contributed by atoms with Gasteiger partial charge in [-0.1, -0.05) is 18.2 Å². The molecule has 2 heterocycles. The standard InChI is InChI=1S/C22H25N3O4S/c1-3-29-18-7-5-4-6-15(18)8-9-20(26)24-22-17(12-23)16-10-11-25(13-19(16)30-22)21(27)14-28-2/h4-9,17,22H,3,10-11,13-14H2,1-2H3,(H,24,26)/b9-8+. The van der Waals surface area contributed by atoms with Crippen LogP contribution in [0.1, 0.15) is 18.9 Å². The van der Waals surface area contributed by atoms with Gasteiger partial charge >= 0.3 is 0 Å². The van der Waals surface area contributed by atoms with Crippen molar-refractivity contribution in [2.24, 2.45) is 5.92 Å². The minimum absolute atomic E-state index is 0.0448. The number of carbonyl (C=O) groups excluding carboxylic acids is 2. The summed E-state index contributed by atoms with van der Waals surface area (Å²) >= 11 is 1.46. The quantitative estimate of drug-likeness (QED) is 0.673. The normalized spacial score (nSPS) is 20.8. The summed E-state index contributed by atoms with van der Waals surface area (Å²) < 4.78 is 10.5. The van der Waals surface area contributed by atoms with Gasteiger partial charge in [-0.05, 0) is 31.1 Å². The third-order valence-corrected chi connectivity index (χ3v) is 6.29. The zero-order valence-corrected chi connectivity index (χ0v) is 17.9. The van der Waals surface area contributed by atoms with Crippen molar-refractivity contribution in [2.75, 3.05) is 33.4 Å². The Morgan fingerprint density at radius 2 is 2.20 bits per heavy atom. The minimum Gasteiger partial charge on any atom is -0.493 e. The number of thioether (sulfide) groups is 1. The number of hydrogen-bond acceptors (Lipinski definition) is 6. The number of ether oxygens (including phenoxy) is 2. The zero-order valence-electron chi connectivity index (χ0n) is 17.1. The second-order valence-corrected chi connectivity index (χ2v) is 8.14. The van der Waals surface area contributed by atoms with E-state index in [0.29, 0.717) is 31.9 Å². The largest absolute Gasteiger partial charge is 0.493 e. The Hall–Kier alpha value is -2.76. The number of rotatable bonds is 7. The third-order valence-electron chi connectivity index (χ3n) is 4.97. The van der Waals surface area contributed by atoms with E-state index in [0.717, 1.165) is 16.0 Å². The molecule has 0 bridgehead atoms.